The summed E-state index contributed by atoms with van der Waals surface area (Å²) >= 11 is 0. The lowest BCUT2D eigenvalue weighted by molar-refractivity contribution is -0.138. The van der Waals surface area contributed by atoms with Crippen molar-refractivity contribution in [2.24, 2.45) is 11.8 Å². The summed E-state index contributed by atoms with van der Waals surface area (Å²) in [6.07, 6.45) is 6.40. The smallest absolute Gasteiger partial charge is 0.225 e. The van der Waals surface area contributed by atoms with E-state index in [0.29, 0.717) is 19.5 Å². The summed E-state index contributed by atoms with van der Waals surface area (Å²) in [7, 11) is 0. The van der Waals surface area contributed by atoms with Crippen LogP contribution in [0.3, 0.4) is 0 Å². The molecule has 134 valence electrons. The van der Waals surface area contributed by atoms with Crippen LogP contribution in [-0.4, -0.2) is 45.7 Å². The SMILES string of the molecule is CC(C)C(=O)N1CCC[C@@H](C(=O)NCCc2cn3ccccc3n2)C1. The van der Waals surface area contributed by atoms with Crippen LogP contribution in [0.5, 0.6) is 0 Å². The molecule has 25 heavy (non-hydrogen) atoms. The standard InChI is InChI=1S/C19H26N4O2/c1-14(2)19(25)23-11-5-6-15(12-23)18(24)20-9-8-16-13-22-10-4-3-7-17(22)21-16/h3-4,7,10,13-15H,5-6,8-9,11-12H2,1-2H3,(H,20,24)/t15-/m1/s1. The molecule has 3 heterocycles. The number of piperidine rings is 1. The molecule has 3 rings (SSSR count). The minimum atomic E-state index is -0.0995. The molecule has 2 aromatic heterocycles. The average molecular weight is 342 g/mol. The van der Waals surface area contributed by atoms with Gasteiger partial charge < -0.3 is 14.6 Å². The van der Waals surface area contributed by atoms with Gasteiger partial charge in [0.25, 0.3) is 0 Å². The molecular weight excluding hydrogens is 316 g/mol. The fourth-order valence-electron chi connectivity index (χ4n) is 3.32. The molecule has 1 aliphatic heterocycles. The van der Waals surface area contributed by atoms with Crippen molar-refractivity contribution in [3.05, 3.63) is 36.3 Å². The largest absolute Gasteiger partial charge is 0.355 e. The fraction of sp³-hybridized carbons (Fsp3) is 0.526. The summed E-state index contributed by atoms with van der Waals surface area (Å²) in [6.45, 7) is 5.68. The molecule has 6 nitrogen and oxygen atoms in total. The van der Waals surface area contributed by atoms with Gasteiger partial charge in [0.15, 0.2) is 0 Å². The molecule has 0 unspecified atom stereocenters. The summed E-state index contributed by atoms with van der Waals surface area (Å²) in [6, 6.07) is 5.89. The Bertz CT molecular complexity index is 720. The fourth-order valence-corrected chi connectivity index (χ4v) is 3.32. The third-order valence-electron chi connectivity index (χ3n) is 4.69. The van der Waals surface area contributed by atoms with Gasteiger partial charge >= 0.3 is 0 Å². The zero-order valence-electron chi connectivity index (χ0n) is 14.9. The van der Waals surface area contributed by atoms with Crippen molar-refractivity contribution in [1.29, 1.82) is 0 Å². The summed E-state index contributed by atoms with van der Waals surface area (Å²) < 4.78 is 1.98. The lowest BCUT2D eigenvalue weighted by atomic mass is 9.96. The lowest BCUT2D eigenvalue weighted by Crippen LogP contribution is -2.46. The number of likely N-dealkylation sites (tertiary alicyclic amines) is 1. The van der Waals surface area contributed by atoms with Gasteiger partial charge in [-0.1, -0.05) is 19.9 Å². The maximum Gasteiger partial charge on any atom is 0.225 e. The lowest BCUT2D eigenvalue weighted by Gasteiger charge is -2.33. The zero-order valence-corrected chi connectivity index (χ0v) is 14.9. The molecule has 1 N–H and O–H groups in total. The number of carbonyl (C=O) groups is 2. The highest BCUT2D eigenvalue weighted by atomic mass is 16.2. The van der Waals surface area contributed by atoms with E-state index in [1.165, 1.54) is 0 Å². The van der Waals surface area contributed by atoms with E-state index >= 15 is 0 Å². The van der Waals surface area contributed by atoms with Crippen molar-refractivity contribution in [3.8, 4) is 0 Å². The van der Waals surface area contributed by atoms with Gasteiger partial charge in [0.05, 0.1) is 11.6 Å². The van der Waals surface area contributed by atoms with Crippen LogP contribution in [0.2, 0.25) is 0 Å². The predicted molar refractivity (Wildman–Crippen MR) is 96.0 cm³/mol. The quantitative estimate of drug-likeness (QED) is 0.902. The first-order valence-electron chi connectivity index (χ1n) is 9.03. The van der Waals surface area contributed by atoms with Crippen LogP contribution in [-0.2, 0) is 16.0 Å². The Kier molecular flexibility index (Phi) is 5.36. The number of imidazole rings is 1. The number of fused-ring (bicyclic) bond motifs is 1. The number of pyridine rings is 1. The van der Waals surface area contributed by atoms with Gasteiger partial charge in [-0.25, -0.2) is 4.98 Å². The molecule has 1 aliphatic rings. The zero-order chi connectivity index (χ0) is 17.8. The van der Waals surface area contributed by atoms with Gasteiger partial charge in [-0.05, 0) is 25.0 Å². The molecule has 0 radical (unpaired) electrons. The van der Waals surface area contributed by atoms with Crippen LogP contribution in [0.1, 0.15) is 32.4 Å². The Morgan fingerprint density at radius 1 is 1.36 bits per heavy atom. The van der Waals surface area contributed by atoms with Crippen molar-refractivity contribution in [2.75, 3.05) is 19.6 Å². The second kappa shape index (κ2) is 7.68. The van der Waals surface area contributed by atoms with Crippen LogP contribution in [0.25, 0.3) is 5.65 Å². The van der Waals surface area contributed by atoms with Crippen LogP contribution >= 0.6 is 0 Å². The van der Waals surface area contributed by atoms with Crippen LogP contribution in [0.15, 0.2) is 30.6 Å². The van der Waals surface area contributed by atoms with E-state index in [9.17, 15) is 9.59 Å². The number of hydrogen-bond donors (Lipinski definition) is 1. The Hall–Kier alpha value is -2.37. The van der Waals surface area contributed by atoms with E-state index in [0.717, 1.165) is 30.7 Å². The Morgan fingerprint density at radius 3 is 2.96 bits per heavy atom. The van der Waals surface area contributed by atoms with Gasteiger partial charge in [0.1, 0.15) is 5.65 Å². The van der Waals surface area contributed by atoms with Crippen molar-refractivity contribution in [3.63, 3.8) is 0 Å². The van der Waals surface area contributed by atoms with Crippen molar-refractivity contribution < 1.29 is 9.59 Å². The number of rotatable bonds is 5. The first-order chi connectivity index (χ1) is 12.0. The summed E-state index contributed by atoms with van der Waals surface area (Å²) in [4.78, 5) is 30.9. The molecule has 0 aliphatic carbocycles. The van der Waals surface area contributed by atoms with Crippen molar-refractivity contribution in [2.45, 2.75) is 33.1 Å². The summed E-state index contributed by atoms with van der Waals surface area (Å²) in [5.41, 5.74) is 1.88. The number of aromatic nitrogens is 2. The van der Waals surface area contributed by atoms with E-state index in [4.69, 9.17) is 0 Å². The molecule has 1 atom stereocenters. The van der Waals surface area contributed by atoms with Gasteiger partial charge in [0.2, 0.25) is 11.8 Å². The highest BCUT2D eigenvalue weighted by Gasteiger charge is 2.29. The highest BCUT2D eigenvalue weighted by molar-refractivity contribution is 5.82. The third-order valence-corrected chi connectivity index (χ3v) is 4.69. The number of amides is 2. The van der Waals surface area contributed by atoms with Crippen LogP contribution < -0.4 is 5.32 Å². The maximum atomic E-state index is 12.4. The Balaban J connectivity index is 1.49. The van der Waals surface area contributed by atoms with Crippen molar-refractivity contribution >= 4 is 17.5 Å². The predicted octanol–water partition coefficient (Wildman–Crippen LogP) is 1.89. The normalized spacial score (nSPS) is 17.9. The van der Waals surface area contributed by atoms with Gasteiger partial charge in [-0.15, -0.1) is 0 Å². The van der Waals surface area contributed by atoms with Crippen molar-refractivity contribution in [1.82, 2.24) is 19.6 Å². The monoisotopic (exact) mass is 342 g/mol. The molecule has 1 saturated heterocycles. The third kappa shape index (κ3) is 4.18. The van der Waals surface area contributed by atoms with Crippen LogP contribution in [0, 0.1) is 11.8 Å². The molecule has 0 bridgehead atoms. The minimum absolute atomic E-state index is 0.0168. The number of nitrogens with one attached hydrogen (secondary N) is 1. The van der Waals surface area contributed by atoms with E-state index < -0.39 is 0 Å². The summed E-state index contributed by atoms with van der Waals surface area (Å²) in [5.74, 6) is 0.0709. The second-order valence-electron chi connectivity index (χ2n) is 7.02. The molecule has 0 aromatic carbocycles. The van der Waals surface area contributed by atoms with Gasteiger partial charge in [0, 0.05) is 44.4 Å². The Labute approximate surface area is 148 Å². The highest BCUT2D eigenvalue weighted by Crippen LogP contribution is 2.18. The first-order valence-corrected chi connectivity index (χ1v) is 9.03. The molecule has 0 spiro atoms. The topological polar surface area (TPSA) is 66.7 Å². The molecule has 1 fully saturated rings. The van der Waals surface area contributed by atoms with Gasteiger partial charge in [-0.2, -0.15) is 0 Å². The molecule has 2 aromatic rings. The molecular formula is C19H26N4O2. The van der Waals surface area contributed by atoms with E-state index in [-0.39, 0.29) is 23.7 Å². The molecule has 6 heteroatoms. The minimum Gasteiger partial charge on any atom is -0.355 e. The van der Waals surface area contributed by atoms with E-state index in [1.54, 1.807) is 0 Å². The first kappa shape index (κ1) is 17.5. The maximum absolute atomic E-state index is 12.4. The average Bonchev–Trinajstić information content (AvgIpc) is 3.03. The Morgan fingerprint density at radius 2 is 2.20 bits per heavy atom. The second-order valence-corrected chi connectivity index (χ2v) is 7.02. The number of nitrogens with zero attached hydrogens (tertiary/aromatic N) is 3. The summed E-state index contributed by atoms with van der Waals surface area (Å²) in [5, 5.41) is 3.01. The van der Waals surface area contributed by atoms with E-state index in [1.807, 2.05) is 53.7 Å². The molecule has 0 saturated carbocycles. The van der Waals surface area contributed by atoms with Crippen LogP contribution in [0.4, 0.5) is 0 Å². The number of carbonyl (C=O) groups excluding carboxylic acids is 2. The number of hydrogen-bond acceptors (Lipinski definition) is 3. The van der Waals surface area contributed by atoms with Gasteiger partial charge in [-0.3, -0.25) is 9.59 Å². The molecule has 2 amide bonds. The van der Waals surface area contributed by atoms with E-state index in [2.05, 4.69) is 10.3 Å².